The molecule has 0 aromatic rings. The Morgan fingerprint density at radius 1 is 0.826 bits per heavy atom. The van der Waals surface area contributed by atoms with Crippen LogP contribution < -0.4 is 0 Å². The Kier molecular flexibility index (Phi) is 6.60. The first-order chi connectivity index (χ1) is 10.2. The Bertz CT molecular complexity index is 370. The smallest absolute Gasteiger partial charge is 0.216 e. The highest BCUT2D eigenvalue weighted by Gasteiger charge is 2.53. The fraction of sp³-hybridized carbons (Fsp3) is 1.00. The topological polar surface area (TPSA) is 109 Å². The van der Waals surface area contributed by atoms with Crippen LogP contribution in [-0.4, -0.2) is 70.6 Å². The minimum atomic E-state index is -2.43. The zero-order valence-electron chi connectivity index (χ0n) is 14.9. The van der Waals surface area contributed by atoms with Crippen molar-refractivity contribution in [2.45, 2.75) is 71.9 Å². The van der Waals surface area contributed by atoms with E-state index in [9.17, 15) is 20.4 Å². The molecule has 0 amide bonds. The molecule has 1 fully saturated rings. The second-order valence-corrected chi connectivity index (χ2v) is 8.71. The van der Waals surface area contributed by atoms with Crippen LogP contribution in [0.5, 0.6) is 0 Å². The van der Waals surface area contributed by atoms with E-state index in [-0.39, 0.29) is 10.8 Å². The van der Waals surface area contributed by atoms with E-state index in [2.05, 4.69) is 0 Å². The molecule has 0 aliphatic carbocycles. The molecule has 0 spiro atoms. The molecular formula is C16H32O7. The molecule has 1 aliphatic rings. The summed E-state index contributed by atoms with van der Waals surface area (Å²) in [6, 6.07) is 0. The third-order valence-corrected chi connectivity index (χ3v) is 3.21. The van der Waals surface area contributed by atoms with Gasteiger partial charge in [0.15, 0.2) is 6.29 Å². The summed E-state index contributed by atoms with van der Waals surface area (Å²) in [4.78, 5) is 0. The largest absolute Gasteiger partial charge is 0.387 e. The second-order valence-electron chi connectivity index (χ2n) is 8.71. The number of aliphatic hydroxyl groups excluding tert-OH is 2. The van der Waals surface area contributed by atoms with Gasteiger partial charge in [-0.15, -0.1) is 0 Å². The summed E-state index contributed by atoms with van der Waals surface area (Å²) in [5.41, 5.74) is -0.291. The van der Waals surface area contributed by atoms with Crippen molar-refractivity contribution in [2.75, 3.05) is 19.8 Å². The average Bonchev–Trinajstić information content (AvgIpc) is 2.61. The fourth-order valence-electron chi connectivity index (χ4n) is 2.09. The van der Waals surface area contributed by atoms with Gasteiger partial charge in [-0.25, -0.2) is 0 Å². The van der Waals surface area contributed by atoms with Crippen molar-refractivity contribution in [3.05, 3.63) is 0 Å². The van der Waals surface area contributed by atoms with E-state index in [0.717, 1.165) is 0 Å². The maximum absolute atomic E-state index is 10.1. The number of aliphatic hydroxyl groups is 4. The highest BCUT2D eigenvalue weighted by Crippen LogP contribution is 2.30. The van der Waals surface area contributed by atoms with Gasteiger partial charge in [0.05, 0.1) is 13.2 Å². The molecule has 0 unspecified atom stereocenters. The van der Waals surface area contributed by atoms with E-state index in [4.69, 9.17) is 14.2 Å². The van der Waals surface area contributed by atoms with Crippen molar-refractivity contribution >= 4 is 0 Å². The Balaban J connectivity index is 2.61. The zero-order valence-corrected chi connectivity index (χ0v) is 14.9. The van der Waals surface area contributed by atoms with Crippen LogP contribution in [0, 0.1) is 10.8 Å². The van der Waals surface area contributed by atoms with Gasteiger partial charge in [-0.3, -0.25) is 0 Å². The normalized spacial score (nSPS) is 30.0. The van der Waals surface area contributed by atoms with E-state index in [0.29, 0.717) is 13.2 Å². The summed E-state index contributed by atoms with van der Waals surface area (Å²) in [7, 11) is 0. The van der Waals surface area contributed by atoms with Crippen LogP contribution in [0.2, 0.25) is 0 Å². The molecule has 0 aromatic heterocycles. The predicted octanol–water partition coefficient (Wildman–Crippen LogP) is 0.239. The molecule has 0 radical (unpaired) electrons. The van der Waals surface area contributed by atoms with Crippen molar-refractivity contribution in [3.8, 4) is 0 Å². The highest BCUT2D eigenvalue weighted by atomic mass is 16.7. The summed E-state index contributed by atoms with van der Waals surface area (Å²) >= 11 is 0. The van der Waals surface area contributed by atoms with E-state index < -0.39 is 37.0 Å². The quantitative estimate of drug-likeness (QED) is 0.515. The van der Waals surface area contributed by atoms with E-state index >= 15 is 0 Å². The average molecular weight is 336 g/mol. The van der Waals surface area contributed by atoms with E-state index in [1.165, 1.54) is 0 Å². The van der Waals surface area contributed by atoms with Gasteiger partial charge in [-0.05, 0) is 10.8 Å². The lowest BCUT2D eigenvalue weighted by molar-refractivity contribution is -0.288. The van der Waals surface area contributed by atoms with Crippen LogP contribution in [0.1, 0.15) is 41.5 Å². The van der Waals surface area contributed by atoms with Gasteiger partial charge in [0.25, 0.3) is 0 Å². The first-order valence-electron chi connectivity index (χ1n) is 7.89. The van der Waals surface area contributed by atoms with Crippen molar-refractivity contribution in [3.63, 3.8) is 0 Å². The van der Waals surface area contributed by atoms with E-state index in [1.54, 1.807) is 0 Å². The first kappa shape index (κ1) is 20.8. The molecule has 138 valence electrons. The van der Waals surface area contributed by atoms with Gasteiger partial charge in [0.1, 0.15) is 24.9 Å². The minimum Gasteiger partial charge on any atom is -0.387 e. The standard InChI is InChI=1S/C16H32O7/c1-14(2,3)7-21-9-16(19,20)12-10(17)11(18)13(23-12)22-8-15(4,5)6/h10-13,17-20H,7-9H2,1-6H3/t10-,11-,12-,13-/m0/s1. The van der Waals surface area contributed by atoms with Crippen molar-refractivity contribution < 1.29 is 34.6 Å². The van der Waals surface area contributed by atoms with Gasteiger partial charge in [-0.2, -0.15) is 0 Å². The molecule has 1 aliphatic heterocycles. The molecule has 0 saturated carbocycles. The lowest BCUT2D eigenvalue weighted by Crippen LogP contribution is -2.52. The molecule has 0 bridgehead atoms. The molecule has 7 heteroatoms. The van der Waals surface area contributed by atoms with Gasteiger partial charge < -0.3 is 34.6 Å². The van der Waals surface area contributed by atoms with Crippen LogP contribution in [0.25, 0.3) is 0 Å². The number of ether oxygens (including phenoxy) is 3. The van der Waals surface area contributed by atoms with Gasteiger partial charge in [0.2, 0.25) is 5.79 Å². The SMILES string of the molecule is CC(C)(C)COCC(O)(O)[C@H]1O[C@H](OCC(C)(C)C)[C@@H](O)[C@@H]1O. The fourth-order valence-corrected chi connectivity index (χ4v) is 2.09. The maximum Gasteiger partial charge on any atom is 0.216 e. The monoisotopic (exact) mass is 336 g/mol. The van der Waals surface area contributed by atoms with Crippen LogP contribution in [0.3, 0.4) is 0 Å². The summed E-state index contributed by atoms with van der Waals surface area (Å²) in [5, 5.41) is 40.2. The van der Waals surface area contributed by atoms with Gasteiger partial charge in [-0.1, -0.05) is 41.5 Å². The van der Waals surface area contributed by atoms with Crippen molar-refractivity contribution in [2.24, 2.45) is 10.8 Å². The summed E-state index contributed by atoms with van der Waals surface area (Å²) in [6.45, 7) is 11.9. The molecule has 1 heterocycles. The molecular weight excluding hydrogens is 304 g/mol. The number of rotatable bonds is 6. The van der Waals surface area contributed by atoms with Gasteiger partial charge >= 0.3 is 0 Å². The molecule has 23 heavy (non-hydrogen) atoms. The molecule has 0 aromatic carbocycles. The lowest BCUT2D eigenvalue weighted by atomic mass is 9.98. The second kappa shape index (κ2) is 7.31. The summed E-state index contributed by atoms with van der Waals surface area (Å²) < 4.78 is 16.1. The number of hydrogen-bond acceptors (Lipinski definition) is 7. The Hall–Kier alpha value is -0.280. The zero-order chi connectivity index (χ0) is 18.1. The van der Waals surface area contributed by atoms with Crippen molar-refractivity contribution in [1.82, 2.24) is 0 Å². The van der Waals surface area contributed by atoms with E-state index in [1.807, 2.05) is 41.5 Å². The molecule has 7 nitrogen and oxygen atoms in total. The van der Waals surface area contributed by atoms with Crippen LogP contribution in [-0.2, 0) is 14.2 Å². The Labute approximate surface area is 138 Å². The Morgan fingerprint density at radius 3 is 1.83 bits per heavy atom. The lowest BCUT2D eigenvalue weighted by Gasteiger charge is -2.30. The van der Waals surface area contributed by atoms with Gasteiger partial charge in [0, 0.05) is 0 Å². The number of hydrogen-bond donors (Lipinski definition) is 4. The molecule has 1 rings (SSSR count). The summed E-state index contributed by atoms with van der Waals surface area (Å²) in [5.74, 6) is -2.43. The van der Waals surface area contributed by atoms with Crippen molar-refractivity contribution in [1.29, 1.82) is 0 Å². The molecule has 4 N–H and O–H groups in total. The minimum absolute atomic E-state index is 0.136. The molecule has 1 saturated heterocycles. The summed E-state index contributed by atoms with van der Waals surface area (Å²) in [6.07, 6.45) is -5.37. The van der Waals surface area contributed by atoms with Crippen LogP contribution in [0.15, 0.2) is 0 Å². The third kappa shape index (κ3) is 6.62. The Morgan fingerprint density at radius 2 is 1.35 bits per heavy atom. The van der Waals surface area contributed by atoms with Crippen LogP contribution in [0.4, 0.5) is 0 Å². The van der Waals surface area contributed by atoms with Crippen LogP contribution >= 0.6 is 0 Å². The first-order valence-corrected chi connectivity index (χ1v) is 7.89. The highest BCUT2D eigenvalue weighted by molar-refractivity contribution is 4.94. The maximum atomic E-state index is 10.1. The predicted molar refractivity (Wildman–Crippen MR) is 83.5 cm³/mol. The third-order valence-electron chi connectivity index (χ3n) is 3.21. The molecule has 4 atom stereocenters.